The number of halogens is 4. The number of hydrogen-bond donors (Lipinski definition) is 3. The fourth-order valence-electron chi connectivity index (χ4n) is 0.946. The van der Waals surface area contributed by atoms with E-state index < -0.39 is 40.5 Å². The number of hydrazine groups is 1. The van der Waals surface area contributed by atoms with Crippen LogP contribution in [0.1, 0.15) is 10.4 Å². The summed E-state index contributed by atoms with van der Waals surface area (Å²) in [7, 11) is 0. The number of benzene rings is 1. The minimum Gasteiger partial charge on any atom is -0.477 e. The number of nitrogens with one attached hydrogen (secondary N) is 1. The SMILES string of the molecule is NNc1c(F)c(F)c(C(=O)O)c(F)c1F. The van der Waals surface area contributed by atoms with Crippen LogP contribution in [-0.4, -0.2) is 11.1 Å². The summed E-state index contributed by atoms with van der Waals surface area (Å²) < 4.78 is 51.5. The monoisotopic (exact) mass is 224 g/mol. The average molecular weight is 224 g/mol. The predicted molar refractivity (Wildman–Crippen MR) is 41.0 cm³/mol. The Kier molecular flexibility index (Phi) is 2.80. The molecule has 1 aromatic rings. The first-order valence-electron chi connectivity index (χ1n) is 3.47. The van der Waals surface area contributed by atoms with Gasteiger partial charge in [0, 0.05) is 0 Å². The highest BCUT2D eigenvalue weighted by atomic mass is 19.2. The summed E-state index contributed by atoms with van der Waals surface area (Å²) in [5, 5.41) is 8.29. The number of nitrogen functional groups attached to an aromatic ring is 1. The molecule has 0 aromatic heterocycles. The summed E-state index contributed by atoms with van der Waals surface area (Å²) >= 11 is 0. The Morgan fingerprint density at radius 2 is 1.47 bits per heavy atom. The average Bonchev–Trinajstić information content (AvgIpc) is 2.16. The Labute approximate surface area is 80.3 Å². The molecule has 0 aliphatic heterocycles. The van der Waals surface area contributed by atoms with Gasteiger partial charge in [-0.2, -0.15) is 0 Å². The molecule has 1 rings (SSSR count). The Morgan fingerprint density at radius 3 is 1.73 bits per heavy atom. The van der Waals surface area contributed by atoms with Gasteiger partial charge >= 0.3 is 5.97 Å². The Balaban J connectivity index is 3.66. The molecule has 0 aliphatic rings. The molecule has 4 N–H and O–H groups in total. The topological polar surface area (TPSA) is 75.3 Å². The minimum atomic E-state index is -2.12. The molecule has 4 nitrogen and oxygen atoms in total. The summed E-state index contributed by atoms with van der Waals surface area (Å²) in [5.74, 6) is -5.34. The zero-order valence-electron chi connectivity index (χ0n) is 6.94. The van der Waals surface area contributed by atoms with Crippen LogP contribution in [0.2, 0.25) is 0 Å². The van der Waals surface area contributed by atoms with Gasteiger partial charge in [-0.15, -0.1) is 0 Å². The Morgan fingerprint density at radius 1 is 1.07 bits per heavy atom. The summed E-state index contributed by atoms with van der Waals surface area (Å²) in [5.41, 5.74) is -1.58. The predicted octanol–water partition coefficient (Wildman–Crippen LogP) is 1.23. The molecule has 1 aromatic carbocycles. The van der Waals surface area contributed by atoms with Gasteiger partial charge in [0.2, 0.25) is 0 Å². The smallest absolute Gasteiger partial charge is 0.341 e. The van der Waals surface area contributed by atoms with Crippen LogP contribution in [0.3, 0.4) is 0 Å². The largest absolute Gasteiger partial charge is 0.477 e. The normalized spacial score (nSPS) is 10.2. The lowest BCUT2D eigenvalue weighted by Gasteiger charge is -2.08. The molecule has 0 saturated heterocycles. The number of anilines is 1. The van der Waals surface area contributed by atoms with Gasteiger partial charge < -0.3 is 10.5 Å². The van der Waals surface area contributed by atoms with Gasteiger partial charge in [0.05, 0.1) is 0 Å². The molecule has 0 heterocycles. The zero-order chi connectivity index (χ0) is 11.7. The third-order valence-electron chi connectivity index (χ3n) is 1.62. The van der Waals surface area contributed by atoms with Crippen LogP contribution in [0.4, 0.5) is 23.2 Å². The van der Waals surface area contributed by atoms with Crippen LogP contribution in [0.15, 0.2) is 0 Å². The molecule has 0 fully saturated rings. The lowest BCUT2D eigenvalue weighted by Crippen LogP contribution is -2.17. The number of rotatable bonds is 2. The molecule has 0 aliphatic carbocycles. The van der Waals surface area contributed by atoms with Crippen LogP contribution >= 0.6 is 0 Å². The van der Waals surface area contributed by atoms with Crippen molar-refractivity contribution in [3.8, 4) is 0 Å². The first kappa shape index (κ1) is 11.2. The van der Waals surface area contributed by atoms with Crippen molar-refractivity contribution < 1.29 is 27.5 Å². The Bertz CT molecular complexity index is 406. The van der Waals surface area contributed by atoms with Crippen molar-refractivity contribution in [3.63, 3.8) is 0 Å². The van der Waals surface area contributed by atoms with Crippen molar-refractivity contribution in [2.75, 3.05) is 5.43 Å². The number of carboxylic acid groups (broad SMARTS) is 1. The second-order valence-corrected chi connectivity index (χ2v) is 2.46. The van der Waals surface area contributed by atoms with Crippen LogP contribution in [0, 0.1) is 23.3 Å². The molecule has 0 amide bonds. The van der Waals surface area contributed by atoms with E-state index in [2.05, 4.69) is 5.84 Å². The maximum Gasteiger partial charge on any atom is 0.341 e. The van der Waals surface area contributed by atoms with E-state index in [1.54, 1.807) is 0 Å². The van der Waals surface area contributed by atoms with E-state index in [0.29, 0.717) is 0 Å². The van der Waals surface area contributed by atoms with E-state index in [1.165, 1.54) is 5.43 Å². The van der Waals surface area contributed by atoms with Crippen molar-refractivity contribution in [1.82, 2.24) is 0 Å². The second-order valence-electron chi connectivity index (χ2n) is 2.46. The van der Waals surface area contributed by atoms with Crippen molar-refractivity contribution in [2.45, 2.75) is 0 Å². The van der Waals surface area contributed by atoms with Crippen molar-refractivity contribution in [2.24, 2.45) is 5.84 Å². The highest BCUT2D eigenvalue weighted by molar-refractivity contribution is 5.89. The van der Waals surface area contributed by atoms with E-state index in [1.807, 2.05) is 0 Å². The van der Waals surface area contributed by atoms with Gasteiger partial charge in [-0.1, -0.05) is 0 Å². The lowest BCUT2D eigenvalue weighted by molar-refractivity contribution is 0.0683. The van der Waals surface area contributed by atoms with Gasteiger partial charge in [0.15, 0.2) is 23.3 Å². The van der Waals surface area contributed by atoms with Crippen molar-refractivity contribution in [1.29, 1.82) is 0 Å². The quantitative estimate of drug-likeness (QED) is 0.305. The lowest BCUT2D eigenvalue weighted by atomic mass is 10.1. The third-order valence-corrected chi connectivity index (χ3v) is 1.62. The summed E-state index contributed by atoms with van der Waals surface area (Å²) in [6.45, 7) is 0. The van der Waals surface area contributed by atoms with Gasteiger partial charge in [0.1, 0.15) is 11.3 Å². The van der Waals surface area contributed by atoms with Crippen LogP contribution in [0.5, 0.6) is 0 Å². The third kappa shape index (κ3) is 1.59. The number of hydrogen-bond acceptors (Lipinski definition) is 3. The minimum absolute atomic E-state index is 1.27. The van der Waals surface area contributed by atoms with Crippen molar-refractivity contribution >= 4 is 11.7 Å². The molecule has 82 valence electrons. The van der Waals surface area contributed by atoms with Gasteiger partial charge in [-0.25, -0.2) is 22.4 Å². The molecule has 0 radical (unpaired) electrons. The van der Waals surface area contributed by atoms with E-state index in [-0.39, 0.29) is 0 Å². The van der Waals surface area contributed by atoms with Gasteiger partial charge in [-0.3, -0.25) is 5.84 Å². The number of nitrogens with two attached hydrogens (primary N) is 1. The maximum absolute atomic E-state index is 12.9. The first-order chi connectivity index (χ1) is 6.91. The number of carboxylic acids is 1. The first-order valence-corrected chi connectivity index (χ1v) is 3.47. The van der Waals surface area contributed by atoms with Gasteiger partial charge in [-0.05, 0) is 0 Å². The standard InChI is InChI=1S/C7H4F4N2O2/c8-2-1(7(14)15)3(9)5(11)6(13-12)4(2)10/h13H,12H2,(H,14,15). The Hall–Kier alpha value is -1.83. The molecular formula is C7H4F4N2O2. The fourth-order valence-corrected chi connectivity index (χ4v) is 0.946. The number of carbonyl (C=O) groups is 1. The summed E-state index contributed by atoms with van der Waals surface area (Å²) in [4.78, 5) is 10.3. The molecule has 8 heteroatoms. The van der Waals surface area contributed by atoms with Crippen molar-refractivity contribution in [3.05, 3.63) is 28.8 Å². The zero-order valence-corrected chi connectivity index (χ0v) is 6.94. The number of aromatic carboxylic acids is 1. The maximum atomic E-state index is 12.9. The van der Waals surface area contributed by atoms with E-state index >= 15 is 0 Å². The van der Waals surface area contributed by atoms with E-state index in [9.17, 15) is 22.4 Å². The highest BCUT2D eigenvalue weighted by Crippen LogP contribution is 2.27. The fraction of sp³-hybridized carbons (Fsp3) is 0. The highest BCUT2D eigenvalue weighted by Gasteiger charge is 2.28. The molecule has 0 saturated carbocycles. The van der Waals surface area contributed by atoms with Crippen LogP contribution in [-0.2, 0) is 0 Å². The molecule has 0 unspecified atom stereocenters. The second kappa shape index (κ2) is 3.73. The van der Waals surface area contributed by atoms with Crippen LogP contribution in [0.25, 0.3) is 0 Å². The molecular weight excluding hydrogens is 220 g/mol. The summed E-state index contributed by atoms with van der Waals surface area (Å²) in [6, 6.07) is 0. The van der Waals surface area contributed by atoms with Gasteiger partial charge in [0.25, 0.3) is 0 Å². The molecule has 0 bridgehead atoms. The van der Waals surface area contributed by atoms with Crippen LogP contribution < -0.4 is 11.3 Å². The van der Waals surface area contributed by atoms with E-state index in [0.717, 1.165) is 0 Å². The summed E-state index contributed by atoms with van der Waals surface area (Å²) in [6.07, 6.45) is 0. The molecule has 0 atom stereocenters. The van der Waals surface area contributed by atoms with E-state index in [4.69, 9.17) is 5.11 Å². The molecule has 15 heavy (non-hydrogen) atoms. The molecule has 0 spiro atoms.